The summed E-state index contributed by atoms with van der Waals surface area (Å²) in [6.07, 6.45) is -2.34. The lowest BCUT2D eigenvalue weighted by Crippen LogP contribution is -2.58. The van der Waals surface area contributed by atoms with E-state index in [1.807, 2.05) is 0 Å². The molecule has 23 heavy (non-hydrogen) atoms. The Morgan fingerprint density at radius 3 is 2.61 bits per heavy atom. The zero-order valence-corrected chi connectivity index (χ0v) is 13.2. The molecule has 3 fully saturated rings. The Labute approximate surface area is 135 Å². The third-order valence-corrected chi connectivity index (χ3v) is 3.78. The van der Waals surface area contributed by atoms with Gasteiger partial charge in [0.15, 0.2) is 12.1 Å². The van der Waals surface area contributed by atoms with Crippen molar-refractivity contribution in [3.05, 3.63) is 0 Å². The second-order valence-corrected chi connectivity index (χ2v) is 5.90. The minimum Gasteiger partial charge on any atom is -0.393 e. The van der Waals surface area contributed by atoms with Crippen molar-refractivity contribution < 1.29 is 28.8 Å². The first-order chi connectivity index (χ1) is 11.0. The fourth-order valence-electron chi connectivity index (χ4n) is 2.83. The molecule has 0 aliphatic carbocycles. The van der Waals surface area contributed by atoms with Crippen LogP contribution in [0.2, 0.25) is 0 Å². The van der Waals surface area contributed by atoms with Crippen molar-refractivity contribution in [1.29, 1.82) is 0 Å². The lowest BCUT2D eigenvalue weighted by Gasteiger charge is -2.40. The van der Waals surface area contributed by atoms with Gasteiger partial charge in [0.1, 0.15) is 17.8 Å². The molecule has 6 heteroatoms. The average molecular weight is 318 g/mol. The lowest BCUT2D eigenvalue weighted by molar-refractivity contribution is -0.310. The van der Waals surface area contributed by atoms with Crippen LogP contribution in [0.5, 0.6) is 0 Å². The molecule has 0 aromatic carbocycles. The van der Waals surface area contributed by atoms with E-state index in [4.69, 9.17) is 23.7 Å². The first-order valence-electron chi connectivity index (χ1n) is 7.33. The van der Waals surface area contributed by atoms with Crippen molar-refractivity contribution in [1.82, 2.24) is 0 Å². The van der Waals surface area contributed by atoms with Crippen LogP contribution >= 0.6 is 0 Å². The van der Waals surface area contributed by atoms with Gasteiger partial charge in [-0.1, -0.05) is 5.92 Å². The Kier molecular flexibility index (Phi) is 4.36. The van der Waals surface area contributed by atoms with E-state index in [9.17, 15) is 5.11 Å². The summed E-state index contributed by atoms with van der Waals surface area (Å²) in [5, 5.41) is 9.73. The van der Waals surface area contributed by atoms with E-state index in [0.29, 0.717) is 0 Å². The molecule has 122 valence electrons. The molecule has 0 saturated carbocycles. The Balaban J connectivity index is 1.74. The Morgan fingerprint density at radius 2 is 1.87 bits per heavy atom. The maximum Gasteiger partial charge on any atom is 0.223 e. The number of aliphatic hydroxyl groups is 1. The normalized spacial score (nSPS) is 39.7. The molecule has 0 aromatic heterocycles. The molecule has 0 aromatic rings. The highest BCUT2D eigenvalue weighted by Crippen LogP contribution is 2.45. The summed E-state index contributed by atoms with van der Waals surface area (Å²) < 4.78 is 28.7. The summed E-state index contributed by atoms with van der Waals surface area (Å²) in [5.74, 6) is 15.1. The highest BCUT2D eigenvalue weighted by Gasteiger charge is 2.64. The fraction of sp³-hybridized carbons (Fsp3) is 0.647. The zero-order chi connectivity index (χ0) is 16.5. The van der Waals surface area contributed by atoms with E-state index < -0.39 is 36.2 Å². The van der Waals surface area contributed by atoms with E-state index in [1.165, 1.54) is 0 Å². The van der Waals surface area contributed by atoms with Gasteiger partial charge in [0, 0.05) is 0 Å². The van der Waals surface area contributed by atoms with Gasteiger partial charge in [-0.15, -0.1) is 0 Å². The Morgan fingerprint density at radius 1 is 1.09 bits per heavy atom. The largest absolute Gasteiger partial charge is 0.393 e. The number of ether oxygens (including phenoxy) is 5. The van der Waals surface area contributed by atoms with Gasteiger partial charge < -0.3 is 28.8 Å². The van der Waals surface area contributed by atoms with Crippen molar-refractivity contribution in [2.45, 2.75) is 56.9 Å². The van der Waals surface area contributed by atoms with Crippen LogP contribution in [0.1, 0.15) is 20.8 Å². The maximum atomic E-state index is 9.73. The molecular formula is C17H18O6. The van der Waals surface area contributed by atoms with E-state index >= 15 is 0 Å². The quantitative estimate of drug-likeness (QED) is 0.687. The second-order valence-electron chi connectivity index (χ2n) is 5.90. The van der Waals surface area contributed by atoms with Crippen molar-refractivity contribution in [2.75, 3.05) is 13.2 Å². The summed E-state index contributed by atoms with van der Waals surface area (Å²) in [4.78, 5) is 0. The molecule has 3 aliphatic heterocycles. The predicted molar refractivity (Wildman–Crippen MR) is 78.3 cm³/mol. The topological polar surface area (TPSA) is 66.4 Å². The van der Waals surface area contributed by atoms with E-state index in [1.54, 1.807) is 20.8 Å². The summed E-state index contributed by atoms with van der Waals surface area (Å²) in [6, 6.07) is 0. The molecule has 3 aliphatic rings. The number of fused-ring (bicyclic) bond motifs is 3. The van der Waals surface area contributed by atoms with Gasteiger partial charge in [-0.25, -0.2) is 0 Å². The van der Waals surface area contributed by atoms with Gasteiger partial charge in [0.05, 0.1) is 13.2 Å². The van der Waals surface area contributed by atoms with Crippen LogP contribution in [0, 0.1) is 35.5 Å². The highest BCUT2D eigenvalue weighted by molar-refractivity contribution is 5.35. The molecule has 0 spiro atoms. The van der Waals surface area contributed by atoms with Gasteiger partial charge in [0.25, 0.3) is 0 Å². The van der Waals surface area contributed by atoms with Gasteiger partial charge in [0.2, 0.25) is 6.29 Å². The van der Waals surface area contributed by atoms with Crippen molar-refractivity contribution >= 4 is 0 Å². The minimum absolute atomic E-state index is 0.135. The van der Waals surface area contributed by atoms with Gasteiger partial charge >= 0.3 is 0 Å². The van der Waals surface area contributed by atoms with Gasteiger partial charge in [-0.3, -0.25) is 0 Å². The van der Waals surface area contributed by atoms with E-state index in [2.05, 4.69) is 35.5 Å². The summed E-state index contributed by atoms with van der Waals surface area (Å²) in [7, 11) is 0. The summed E-state index contributed by atoms with van der Waals surface area (Å²) in [6.45, 7) is 5.18. The molecule has 3 heterocycles. The van der Waals surface area contributed by atoms with Crippen LogP contribution in [0.3, 0.4) is 0 Å². The smallest absolute Gasteiger partial charge is 0.223 e. The SMILES string of the molecule is CC#CC#CC#CC1OC[C@@]2(CO)O[C@H]3OC(C)(C)OC3[C@H]2O1. The first kappa shape index (κ1) is 16.3. The summed E-state index contributed by atoms with van der Waals surface area (Å²) in [5.41, 5.74) is -0.997. The predicted octanol–water partition coefficient (Wildman–Crippen LogP) is -0.00310. The first-order valence-corrected chi connectivity index (χ1v) is 7.33. The minimum atomic E-state index is -0.997. The highest BCUT2D eigenvalue weighted by atomic mass is 16.9. The molecule has 5 atom stereocenters. The molecule has 0 amide bonds. The lowest BCUT2D eigenvalue weighted by atomic mass is 9.96. The average Bonchev–Trinajstić information content (AvgIpc) is 2.96. The Hall–Kier alpha value is -1.56. The van der Waals surface area contributed by atoms with E-state index in [0.717, 1.165) is 0 Å². The molecule has 2 unspecified atom stereocenters. The number of rotatable bonds is 1. The molecule has 0 radical (unpaired) electrons. The third kappa shape index (κ3) is 3.09. The molecular weight excluding hydrogens is 300 g/mol. The number of hydrogen-bond acceptors (Lipinski definition) is 6. The van der Waals surface area contributed by atoms with Gasteiger partial charge in [-0.05, 0) is 50.4 Å². The number of hydrogen-bond donors (Lipinski definition) is 1. The van der Waals surface area contributed by atoms with E-state index in [-0.39, 0.29) is 13.2 Å². The van der Waals surface area contributed by atoms with Crippen LogP contribution < -0.4 is 0 Å². The van der Waals surface area contributed by atoms with Gasteiger partial charge in [-0.2, -0.15) is 0 Å². The third-order valence-electron chi connectivity index (χ3n) is 3.78. The Bertz CT molecular complexity index is 652. The number of aliphatic hydroxyl groups excluding tert-OH is 1. The monoisotopic (exact) mass is 318 g/mol. The molecule has 0 bridgehead atoms. The summed E-state index contributed by atoms with van der Waals surface area (Å²) >= 11 is 0. The fourth-order valence-corrected chi connectivity index (χ4v) is 2.83. The molecule has 3 rings (SSSR count). The molecule has 1 N–H and O–H groups in total. The molecule has 6 nitrogen and oxygen atoms in total. The molecule has 3 saturated heterocycles. The van der Waals surface area contributed by atoms with Crippen LogP contribution in [0.4, 0.5) is 0 Å². The van der Waals surface area contributed by atoms with Crippen LogP contribution in [-0.4, -0.2) is 54.5 Å². The zero-order valence-electron chi connectivity index (χ0n) is 13.2. The van der Waals surface area contributed by atoms with Crippen molar-refractivity contribution in [3.63, 3.8) is 0 Å². The van der Waals surface area contributed by atoms with Crippen LogP contribution in [0.15, 0.2) is 0 Å². The standard InChI is InChI=1S/C17H18O6/c1-4-5-6-7-8-9-12-19-11-17(10-18)14(20-12)13-15(23-17)22-16(2,3)21-13/h12-15,18H,10-11H2,1-3H3/t12?,13?,14-,15-,17-/m1/s1. The maximum absolute atomic E-state index is 9.73. The van der Waals surface area contributed by atoms with Crippen molar-refractivity contribution in [3.8, 4) is 35.5 Å². The van der Waals surface area contributed by atoms with Crippen molar-refractivity contribution in [2.24, 2.45) is 0 Å². The van der Waals surface area contributed by atoms with Crippen LogP contribution in [-0.2, 0) is 23.7 Å². The second kappa shape index (κ2) is 6.15. The van der Waals surface area contributed by atoms with Crippen LogP contribution in [0.25, 0.3) is 0 Å².